The van der Waals surface area contributed by atoms with Gasteiger partial charge < -0.3 is 11.1 Å². The first-order chi connectivity index (χ1) is 8.63. The average Bonchev–Trinajstić information content (AvgIpc) is 3.05. The maximum absolute atomic E-state index is 13.5. The van der Waals surface area contributed by atoms with Crippen LogP contribution in [-0.4, -0.2) is 18.5 Å². The van der Waals surface area contributed by atoms with Crippen molar-refractivity contribution in [2.45, 2.75) is 31.7 Å². The molecule has 0 radical (unpaired) electrons. The standard InChI is InChI=1S/C13H17F2N3/c1-2-6-17-13(16)18-11-7-8(11)12-9(14)4-3-5-10(12)15/h3-5,8,11H,2,6-7H2,1H3,(H3,16,17,18). The Morgan fingerprint density at radius 3 is 2.72 bits per heavy atom. The van der Waals surface area contributed by atoms with Crippen molar-refractivity contribution in [2.24, 2.45) is 10.7 Å². The fraction of sp³-hybridized carbons (Fsp3) is 0.462. The fourth-order valence-electron chi connectivity index (χ4n) is 2.01. The van der Waals surface area contributed by atoms with Gasteiger partial charge in [0.25, 0.3) is 0 Å². The Bertz CT molecular complexity index is 439. The molecule has 0 amide bonds. The number of hydrogen-bond acceptors (Lipinski definition) is 1. The lowest BCUT2D eigenvalue weighted by Gasteiger charge is -2.06. The van der Waals surface area contributed by atoms with Crippen LogP contribution in [-0.2, 0) is 0 Å². The predicted octanol–water partition coefficient (Wildman–Crippen LogP) is 2.13. The highest BCUT2D eigenvalue weighted by molar-refractivity contribution is 5.78. The normalized spacial score (nSPS) is 22.9. The zero-order chi connectivity index (χ0) is 13.1. The summed E-state index contributed by atoms with van der Waals surface area (Å²) in [4.78, 5) is 4.09. The molecular formula is C13H17F2N3. The number of rotatable bonds is 4. The summed E-state index contributed by atoms with van der Waals surface area (Å²) >= 11 is 0. The molecule has 0 spiro atoms. The summed E-state index contributed by atoms with van der Waals surface area (Å²) in [5.74, 6) is -0.788. The average molecular weight is 253 g/mol. The summed E-state index contributed by atoms with van der Waals surface area (Å²) < 4.78 is 27.1. The van der Waals surface area contributed by atoms with Crippen molar-refractivity contribution in [3.63, 3.8) is 0 Å². The van der Waals surface area contributed by atoms with Gasteiger partial charge in [0.15, 0.2) is 5.96 Å². The molecule has 3 N–H and O–H groups in total. The van der Waals surface area contributed by atoms with Gasteiger partial charge in [0.1, 0.15) is 11.6 Å². The summed E-state index contributed by atoms with van der Waals surface area (Å²) in [5.41, 5.74) is 5.82. The van der Waals surface area contributed by atoms with Crippen LogP contribution in [0.25, 0.3) is 0 Å². The van der Waals surface area contributed by atoms with E-state index in [-0.39, 0.29) is 17.5 Å². The maximum atomic E-state index is 13.5. The van der Waals surface area contributed by atoms with Crippen LogP contribution >= 0.6 is 0 Å². The van der Waals surface area contributed by atoms with E-state index < -0.39 is 11.6 Å². The van der Waals surface area contributed by atoms with Crippen molar-refractivity contribution in [1.29, 1.82) is 0 Å². The van der Waals surface area contributed by atoms with Gasteiger partial charge in [0, 0.05) is 24.1 Å². The van der Waals surface area contributed by atoms with E-state index in [2.05, 4.69) is 10.3 Å². The van der Waals surface area contributed by atoms with Crippen molar-refractivity contribution in [1.82, 2.24) is 5.32 Å². The molecule has 1 aromatic rings. The Kier molecular flexibility index (Phi) is 3.79. The number of hydrogen-bond donors (Lipinski definition) is 2. The highest BCUT2D eigenvalue weighted by Crippen LogP contribution is 2.42. The number of benzene rings is 1. The molecule has 0 saturated heterocycles. The predicted molar refractivity (Wildman–Crippen MR) is 67.4 cm³/mol. The van der Waals surface area contributed by atoms with Crippen LogP contribution in [0.15, 0.2) is 23.2 Å². The van der Waals surface area contributed by atoms with Crippen LogP contribution in [0.3, 0.4) is 0 Å². The number of nitrogens with one attached hydrogen (secondary N) is 1. The largest absolute Gasteiger partial charge is 0.370 e. The van der Waals surface area contributed by atoms with Crippen molar-refractivity contribution < 1.29 is 8.78 Å². The molecule has 18 heavy (non-hydrogen) atoms. The third kappa shape index (κ3) is 2.78. The van der Waals surface area contributed by atoms with E-state index in [9.17, 15) is 8.78 Å². The molecule has 2 rings (SSSR count). The van der Waals surface area contributed by atoms with E-state index in [0.717, 1.165) is 6.42 Å². The molecular weight excluding hydrogens is 236 g/mol. The first-order valence-corrected chi connectivity index (χ1v) is 6.13. The smallest absolute Gasteiger partial charge is 0.188 e. The van der Waals surface area contributed by atoms with E-state index in [4.69, 9.17) is 5.73 Å². The molecule has 1 aromatic carbocycles. The molecule has 0 heterocycles. The summed E-state index contributed by atoms with van der Waals surface area (Å²) in [6, 6.07) is 3.91. The van der Waals surface area contributed by atoms with E-state index >= 15 is 0 Å². The van der Waals surface area contributed by atoms with Crippen LogP contribution < -0.4 is 11.1 Å². The zero-order valence-electron chi connectivity index (χ0n) is 10.3. The quantitative estimate of drug-likeness (QED) is 0.638. The van der Waals surface area contributed by atoms with Crippen LogP contribution in [0.1, 0.15) is 31.2 Å². The van der Waals surface area contributed by atoms with E-state index in [0.29, 0.717) is 18.9 Å². The van der Waals surface area contributed by atoms with Crippen molar-refractivity contribution in [3.8, 4) is 0 Å². The number of halogens is 2. The number of nitrogens with two attached hydrogens (primary N) is 1. The minimum absolute atomic E-state index is 0.0167. The van der Waals surface area contributed by atoms with Gasteiger partial charge in [-0.3, -0.25) is 4.99 Å². The highest BCUT2D eigenvalue weighted by Gasteiger charge is 2.42. The minimum atomic E-state index is -0.492. The summed E-state index contributed by atoms with van der Waals surface area (Å²) in [5, 5.41) is 2.99. The highest BCUT2D eigenvalue weighted by atomic mass is 19.1. The molecule has 0 aromatic heterocycles. The fourth-order valence-corrected chi connectivity index (χ4v) is 2.01. The second-order valence-electron chi connectivity index (χ2n) is 4.50. The lowest BCUT2D eigenvalue weighted by molar-refractivity contribution is 0.554. The second-order valence-corrected chi connectivity index (χ2v) is 4.50. The zero-order valence-corrected chi connectivity index (χ0v) is 10.3. The number of nitrogens with zero attached hydrogens (tertiary/aromatic N) is 1. The van der Waals surface area contributed by atoms with Gasteiger partial charge in [-0.2, -0.15) is 0 Å². The Morgan fingerprint density at radius 2 is 2.11 bits per heavy atom. The molecule has 2 atom stereocenters. The minimum Gasteiger partial charge on any atom is -0.370 e. The van der Waals surface area contributed by atoms with Gasteiger partial charge in [-0.25, -0.2) is 8.78 Å². The number of aliphatic imine (C=N–C) groups is 1. The Balaban J connectivity index is 1.99. The Labute approximate surface area is 105 Å². The number of guanidine groups is 1. The molecule has 5 heteroatoms. The first-order valence-electron chi connectivity index (χ1n) is 6.13. The molecule has 0 aliphatic heterocycles. The van der Waals surface area contributed by atoms with Gasteiger partial charge in [0.05, 0.1) is 0 Å². The van der Waals surface area contributed by atoms with Gasteiger partial charge in [-0.1, -0.05) is 13.0 Å². The van der Waals surface area contributed by atoms with Crippen LogP contribution in [0, 0.1) is 11.6 Å². The molecule has 0 bridgehead atoms. The molecule has 1 saturated carbocycles. The van der Waals surface area contributed by atoms with Gasteiger partial charge >= 0.3 is 0 Å². The third-order valence-electron chi connectivity index (χ3n) is 3.00. The monoisotopic (exact) mass is 253 g/mol. The Morgan fingerprint density at radius 1 is 1.44 bits per heavy atom. The topological polar surface area (TPSA) is 50.4 Å². The summed E-state index contributed by atoms with van der Waals surface area (Å²) in [6.45, 7) is 2.66. The van der Waals surface area contributed by atoms with Gasteiger partial charge in [-0.05, 0) is 25.0 Å². The molecule has 1 aliphatic rings. The van der Waals surface area contributed by atoms with Crippen LogP contribution in [0.5, 0.6) is 0 Å². The lowest BCUT2D eigenvalue weighted by Crippen LogP contribution is -2.34. The van der Waals surface area contributed by atoms with Gasteiger partial charge in [-0.15, -0.1) is 0 Å². The maximum Gasteiger partial charge on any atom is 0.188 e. The van der Waals surface area contributed by atoms with Crippen molar-refractivity contribution in [3.05, 3.63) is 35.4 Å². The van der Waals surface area contributed by atoms with E-state index in [1.165, 1.54) is 18.2 Å². The SMILES string of the molecule is CCCN=C(N)NC1CC1c1c(F)cccc1F. The molecule has 2 unspecified atom stereocenters. The van der Waals surface area contributed by atoms with Crippen LogP contribution in [0.4, 0.5) is 8.78 Å². The van der Waals surface area contributed by atoms with Gasteiger partial charge in [0.2, 0.25) is 0 Å². The van der Waals surface area contributed by atoms with E-state index in [1.54, 1.807) is 0 Å². The Hall–Kier alpha value is -1.65. The second kappa shape index (κ2) is 5.33. The molecule has 1 fully saturated rings. The summed E-state index contributed by atoms with van der Waals surface area (Å²) in [7, 11) is 0. The third-order valence-corrected chi connectivity index (χ3v) is 3.00. The summed E-state index contributed by atoms with van der Waals surface area (Å²) in [6.07, 6.45) is 1.60. The first kappa shape index (κ1) is 12.8. The van der Waals surface area contributed by atoms with Crippen molar-refractivity contribution in [2.75, 3.05) is 6.54 Å². The molecule has 3 nitrogen and oxygen atoms in total. The molecule has 1 aliphatic carbocycles. The lowest BCUT2D eigenvalue weighted by atomic mass is 10.1. The van der Waals surface area contributed by atoms with Crippen LogP contribution in [0.2, 0.25) is 0 Å². The van der Waals surface area contributed by atoms with Crippen molar-refractivity contribution >= 4 is 5.96 Å². The van der Waals surface area contributed by atoms with E-state index in [1.807, 2.05) is 6.92 Å². The molecule has 98 valence electrons.